The number of benzene rings is 3. The second-order valence-corrected chi connectivity index (χ2v) is 5.99. The van der Waals surface area contributed by atoms with E-state index >= 15 is 0 Å². The molecule has 0 saturated carbocycles. The first-order chi connectivity index (χ1) is 12.7. The van der Waals surface area contributed by atoms with Crippen LogP contribution in [0.1, 0.15) is 29.8 Å². The maximum atomic E-state index is 12.4. The van der Waals surface area contributed by atoms with Crippen LogP contribution in [0.3, 0.4) is 0 Å². The van der Waals surface area contributed by atoms with E-state index in [0.717, 1.165) is 29.4 Å². The van der Waals surface area contributed by atoms with E-state index < -0.39 is 0 Å². The summed E-state index contributed by atoms with van der Waals surface area (Å²) in [5, 5.41) is 6.06. The van der Waals surface area contributed by atoms with Crippen LogP contribution in [0.5, 0.6) is 0 Å². The molecule has 0 atom stereocenters. The van der Waals surface area contributed by atoms with E-state index in [2.05, 4.69) is 41.4 Å². The van der Waals surface area contributed by atoms with Crippen LogP contribution in [0.2, 0.25) is 0 Å². The summed E-state index contributed by atoms with van der Waals surface area (Å²) in [5.74, 6) is -0.210. The van der Waals surface area contributed by atoms with Gasteiger partial charge in [-0.05, 0) is 48.4 Å². The predicted molar refractivity (Wildman–Crippen MR) is 109 cm³/mol. The fourth-order valence-corrected chi connectivity index (χ4v) is 3.01. The Balaban J connectivity index is 1.69. The molecule has 0 aromatic heterocycles. The molecule has 132 valence electrons. The fourth-order valence-electron chi connectivity index (χ4n) is 3.01. The molecule has 0 aliphatic carbocycles. The predicted octanol–water partition coefficient (Wildman–Crippen LogP) is 4.45. The zero-order chi connectivity index (χ0) is 18.4. The number of hydrogen-bond acceptors (Lipinski definition) is 3. The maximum absolute atomic E-state index is 12.4. The van der Waals surface area contributed by atoms with Gasteiger partial charge in [-0.1, -0.05) is 48.5 Å². The summed E-state index contributed by atoms with van der Waals surface area (Å²) in [4.78, 5) is 14.7. The van der Waals surface area contributed by atoms with Crippen molar-refractivity contribution in [1.29, 1.82) is 0 Å². The van der Waals surface area contributed by atoms with Gasteiger partial charge >= 0.3 is 0 Å². The Labute approximate surface area is 154 Å². The van der Waals surface area contributed by atoms with Crippen LogP contribution < -0.4 is 10.3 Å². The minimum absolute atomic E-state index is 0.210. The molecule has 0 bridgehead atoms. The monoisotopic (exact) mass is 345 g/mol. The quantitative estimate of drug-likeness (QED) is 0.530. The minimum atomic E-state index is -0.210. The summed E-state index contributed by atoms with van der Waals surface area (Å²) in [7, 11) is 0. The van der Waals surface area contributed by atoms with Crippen molar-refractivity contribution >= 4 is 28.6 Å². The lowest BCUT2D eigenvalue weighted by molar-refractivity contribution is 0.0957. The van der Waals surface area contributed by atoms with E-state index in [1.165, 1.54) is 5.69 Å². The van der Waals surface area contributed by atoms with E-state index in [1.54, 1.807) is 6.21 Å². The summed E-state index contributed by atoms with van der Waals surface area (Å²) in [6.07, 6.45) is 1.66. The molecule has 0 heterocycles. The van der Waals surface area contributed by atoms with E-state index in [-0.39, 0.29) is 5.91 Å². The maximum Gasteiger partial charge on any atom is 0.271 e. The molecule has 1 N–H and O–H groups in total. The molecule has 0 aliphatic rings. The number of carbonyl (C=O) groups is 1. The van der Waals surface area contributed by atoms with Crippen molar-refractivity contribution in [3.05, 3.63) is 77.9 Å². The summed E-state index contributed by atoms with van der Waals surface area (Å²) in [6.45, 7) is 6.24. The molecular weight excluding hydrogens is 322 g/mol. The molecule has 26 heavy (non-hydrogen) atoms. The SMILES string of the molecule is CCN(CC)c1ccc(/C=N\NC(=O)c2cccc3ccccc23)cc1. The average molecular weight is 345 g/mol. The van der Waals surface area contributed by atoms with E-state index in [9.17, 15) is 4.79 Å². The molecule has 0 saturated heterocycles. The number of hydrazone groups is 1. The molecule has 4 heteroatoms. The number of amides is 1. The van der Waals surface area contributed by atoms with Gasteiger partial charge in [0.05, 0.1) is 6.21 Å². The Kier molecular flexibility index (Phi) is 5.64. The Morgan fingerprint density at radius 1 is 0.962 bits per heavy atom. The van der Waals surface area contributed by atoms with Gasteiger partial charge < -0.3 is 4.90 Å². The highest BCUT2D eigenvalue weighted by Gasteiger charge is 2.08. The molecule has 3 aromatic carbocycles. The van der Waals surface area contributed by atoms with Crippen LogP contribution in [0, 0.1) is 0 Å². The number of fused-ring (bicyclic) bond motifs is 1. The third-order valence-corrected chi connectivity index (χ3v) is 4.44. The third-order valence-electron chi connectivity index (χ3n) is 4.44. The van der Waals surface area contributed by atoms with Crippen molar-refractivity contribution in [2.45, 2.75) is 13.8 Å². The molecule has 1 amide bonds. The Bertz CT molecular complexity index is 907. The van der Waals surface area contributed by atoms with Gasteiger partial charge in [0.1, 0.15) is 0 Å². The first-order valence-corrected chi connectivity index (χ1v) is 8.89. The number of hydrogen-bond donors (Lipinski definition) is 1. The largest absolute Gasteiger partial charge is 0.372 e. The van der Waals surface area contributed by atoms with Gasteiger partial charge in [0.2, 0.25) is 0 Å². The number of rotatable bonds is 6. The highest BCUT2D eigenvalue weighted by atomic mass is 16.2. The van der Waals surface area contributed by atoms with Crippen molar-refractivity contribution in [2.24, 2.45) is 5.10 Å². The fraction of sp³-hybridized carbons (Fsp3) is 0.182. The summed E-state index contributed by atoms with van der Waals surface area (Å²) in [6, 6.07) is 21.7. The van der Waals surface area contributed by atoms with Crippen molar-refractivity contribution in [3.8, 4) is 0 Å². The summed E-state index contributed by atoms with van der Waals surface area (Å²) >= 11 is 0. The molecular formula is C22H23N3O. The van der Waals surface area contributed by atoms with Crippen molar-refractivity contribution < 1.29 is 4.79 Å². The van der Waals surface area contributed by atoms with Crippen LogP contribution in [0.15, 0.2) is 71.8 Å². The summed E-state index contributed by atoms with van der Waals surface area (Å²) in [5.41, 5.74) is 5.37. The van der Waals surface area contributed by atoms with Gasteiger partial charge in [-0.15, -0.1) is 0 Å². The van der Waals surface area contributed by atoms with Crippen LogP contribution >= 0.6 is 0 Å². The van der Waals surface area contributed by atoms with Gasteiger partial charge in [-0.2, -0.15) is 5.10 Å². The Morgan fingerprint density at radius 3 is 2.38 bits per heavy atom. The van der Waals surface area contributed by atoms with Gasteiger partial charge in [0.15, 0.2) is 0 Å². The van der Waals surface area contributed by atoms with E-state index in [0.29, 0.717) is 5.56 Å². The average Bonchev–Trinajstić information content (AvgIpc) is 2.69. The standard InChI is InChI=1S/C22H23N3O/c1-3-25(4-2)19-14-12-17(13-15-19)16-23-24-22(26)21-11-7-9-18-8-5-6-10-20(18)21/h5-16H,3-4H2,1-2H3,(H,24,26)/b23-16-. The first-order valence-electron chi connectivity index (χ1n) is 8.89. The molecule has 0 radical (unpaired) electrons. The summed E-state index contributed by atoms with van der Waals surface area (Å²) < 4.78 is 0. The molecule has 4 nitrogen and oxygen atoms in total. The first kappa shape index (κ1) is 17.7. The normalized spacial score (nSPS) is 11.0. The van der Waals surface area contributed by atoms with Crippen molar-refractivity contribution in [2.75, 3.05) is 18.0 Å². The lowest BCUT2D eigenvalue weighted by Crippen LogP contribution is -2.21. The van der Waals surface area contributed by atoms with Crippen LogP contribution in [0.25, 0.3) is 10.8 Å². The second-order valence-electron chi connectivity index (χ2n) is 5.99. The molecule has 3 rings (SSSR count). The Morgan fingerprint density at radius 2 is 1.65 bits per heavy atom. The highest BCUT2D eigenvalue weighted by Crippen LogP contribution is 2.18. The number of anilines is 1. The zero-order valence-electron chi connectivity index (χ0n) is 15.1. The topological polar surface area (TPSA) is 44.7 Å². The molecule has 0 fully saturated rings. The number of carbonyl (C=O) groups excluding carboxylic acids is 1. The van der Waals surface area contributed by atoms with Gasteiger partial charge in [-0.3, -0.25) is 4.79 Å². The Hall–Kier alpha value is -3.14. The molecule has 0 aliphatic heterocycles. The lowest BCUT2D eigenvalue weighted by atomic mass is 10.0. The highest BCUT2D eigenvalue weighted by molar-refractivity contribution is 6.07. The smallest absolute Gasteiger partial charge is 0.271 e. The second kappa shape index (κ2) is 8.30. The lowest BCUT2D eigenvalue weighted by Gasteiger charge is -2.20. The van der Waals surface area contributed by atoms with Gasteiger partial charge in [-0.25, -0.2) is 5.43 Å². The minimum Gasteiger partial charge on any atom is -0.372 e. The zero-order valence-corrected chi connectivity index (χ0v) is 15.1. The van der Waals surface area contributed by atoms with Crippen molar-refractivity contribution in [3.63, 3.8) is 0 Å². The van der Waals surface area contributed by atoms with Crippen LogP contribution in [-0.2, 0) is 0 Å². The van der Waals surface area contributed by atoms with E-state index in [1.807, 2.05) is 54.6 Å². The molecule has 0 unspecified atom stereocenters. The molecule has 0 spiro atoms. The van der Waals surface area contributed by atoms with E-state index in [4.69, 9.17) is 0 Å². The molecule has 3 aromatic rings. The third kappa shape index (κ3) is 3.91. The van der Waals surface area contributed by atoms with Crippen LogP contribution in [-0.4, -0.2) is 25.2 Å². The number of nitrogens with zero attached hydrogens (tertiary/aromatic N) is 2. The number of nitrogens with one attached hydrogen (secondary N) is 1. The van der Waals surface area contributed by atoms with Crippen molar-refractivity contribution in [1.82, 2.24) is 5.43 Å². The van der Waals surface area contributed by atoms with Gasteiger partial charge in [0, 0.05) is 24.3 Å². The van der Waals surface area contributed by atoms with Gasteiger partial charge in [0.25, 0.3) is 5.91 Å². The van der Waals surface area contributed by atoms with Crippen LogP contribution in [0.4, 0.5) is 5.69 Å².